The SMILES string of the molecule is C=C1C/C=C/[C@@](CN2CCN(C(C)C)[C@H](C)C2)(OCC)[C@@H]2CC[C@H]2CN2CCCCc3cc(Cl)ccc3COc3ccc(cc32)C(=O)NS(=O)(=O)[C@@H]1C. The van der Waals surface area contributed by atoms with Gasteiger partial charge in [0.15, 0.2) is 0 Å². The summed E-state index contributed by atoms with van der Waals surface area (Å²) in [6, 6.07) is 12.2. The van der Waals surface area contributed by atoms with Gasteiger partial charge in [0, 0.05) is 68.5 Å². The number of piperazine rings is 1. The lowest BCUT2D eigenvalue weighted by Crippen LogP contribution is -2.61. The molecule has 1 amide bonds. The molecule has 1 saturated carbocycles. The molecule has 2 bridgehead atoms. The Balaban J connectivity index is 1.40. The number of rotatable bonds is 5. The van der Waals surface area contributed by atoms with Crippen molar-refractivity contribution in [3.05, 3.63) is 82.4 Å². The van der Waals surface area contributed by atoms with E-state index < -0.39 is 26.8 Å². The van der Waals surface area contributed by atoms with E-state index in [1.807, 2.05) is 30.3 Å². The molecule has 6 rings (SSSR count). The van der Waals surface area contributed by atoms with E-state index in [-0.39, 0.29) is 11.5 Å². The number of hydrogen-bond acceptors (Lipinski definition) is 8. The molecule has 4 aliphatic rings. The molecule has 2 aromatic carbocycles. The van der Waals surface area contributed by atoms with Gasteiger partial charge in [-0.15, -0.1) is 0 Å². The van der Waals surface area contributed by atoms with Crippen LogP contribution in [0, 0.1) is 11.8 Å². The Kier molecular flexibility index (Phi) is 12.7. The van der Waals surface area contributed by atoms with Crippen LogP contribution in [-0.2, 0) is 27.8 Å². The highest BCUT2D eigenvalue weighted by molar-refractivity contribution is 7.90. The van der Waals surface area contributed by atoms with Gasteiger partial charge in [0.1, 0.15) is 18.0 Å². The maximum atomic E-state index is 13.6. The van der Waals surface area contributed by atoms with Crippen molar-refractivity contribution in [1.29, 1.82) is 0 Å². The topological polar surface area (TPSA) is 91.4 Å². The van der Waals surface area contributed by atoms with Gasteiger partial charge in [-0.25, -0.2) is 13.1 Å². The highest BCUT2D eigenvalue weighted by Crippen LogP contribution is 2.47. The average Bonchev–Trinajstić information content (AvgIpc) is 3.12. The Bertz CT molecular complexity index is 1780. The Morgan fingerprint density at radius 2 is 1.87 bits per heavy atom. The van der Waals surface area contributed by atoms with Crippen LogP contribution in [0.15, 0.2) is 60.7 Å². The standard InChI is InChI=1S/C42H59ClN4O5S/c1-7-52-42(28-45-21-22-47(29(2)3)31(5)25-45)19-10-11-30(4)32(6)53(49,50)44-41(48)34-15-18-40-39(24-34)46(26-35-14-17-38(35)42)20-9-8-12-33-23-37(43)16-13-36(33)27-51-40/h10,13,15-16,18-19,23-24,29,31-32,35,38H,4,7-9,11-12,14,17,20-22,25-28H2,1-3,5-6H3,(H,44,48)/b19-10+/t31-,32-,35+,38-,42+/m1/s1. The number of sulfonamides is 1. The van der Waals surface area contributed by atoms with E-state index in [9.17, 15) is 13.2 Å². The second-order valence-corrected chi connectivity index (χ2v) is 18.4. The summed E-state index contributed by atoms with van der Waals surface area (Å²) in [6.45, 7) is 20.9. The molecular formula is C42H59ClN4O5S. The molecule has 1 N–H and O–H groups in total. The zero-order valence-corrected chi connectivity index (χ0v) is 33.9. The lowest BCUT2D eigenvalue weighted by atomic mass is 9.63. The summed E-state index contributed by atoms with van der Waals surface area (Å²) < 4.78 is 43.0. The van der Waals surface area contributed by atoms with Gasteiger partial charge < -0.3 is 14.4 Å². The smallest absolute Gasteiger partial charge is 0.264 e. The maximum Gasteiger partial charge on any atom is 0.264 e. The Hall–Kier alpha value is -2.89. The molecule has 1 aliphatic carbocycles. The molecule has 1 saturated heterocycles. The van der Waals surface area contributed by atoms with E-state index in [0.717, 1.165) is 82.6 Å². The number of ether oxygens (including phenoxy) is 2. The first-order chi connectivity index (χ1) is 25.3. The lowest BCUT2D eigenvalue weighted by molar-refractivity contribution is -0.115. The summed E-state index contributed by atoms with van der Waals surface area (Å²) in [5.74, 6) is 0.592. The summed E-state index contributed by atoms with van der Waals surface area (Å²) >= 11 is 6.41. The fourth-order valence-corrected chi connectivity index (χ4v) is 10.2. The highest BCUT2D eigenvalue weighted by atomic mass is 35.5. The van der Waals surface area contributed by atoms with Crippen LogP contribution in [0.5, 0.6) is 5.75 Å². The molecule has 11 heteroatoms. The van der Waals surface area contributed by atoms with Gasteiger partial charge in [0.05, 0.1) is 10.9 Å². The van der Waals surface area contributed by atoms with Gasteiger partial charge in [-0.3, -0.25) is 14.6 Å². The Labute approximate surface area is 322 Å². The van der Waals surface area contributed by atoms with Gasteiger partial charge >= 0.3 is 0 Å². The third-order valence-corrected chi connectivity index (χ3v) is 14.1. The summed E-state index contributed by atoms with van der Waals surface area (Å²) in [5.41, 5.74) is 3.31. The van der Waals surface area contributed by atoms with Crippen molar-refractivity contribution in [2.75, 3.05) is 50.8 Å². The molecule has 9 nitrogen and oxygen atoms in total. The molecule has 53 heavy (non-hydrogen) atoms. The minimum absolute atomic E-state index is 0.250. The second kappa shape index (κ2) is 16.9. The van der Waals surface area contributed by atoms with E-state index >= 15 is 0 Å². The fourth-order valence-electron chi connectivity index (χ4n) is 8.94. The lowest BCUT2D eigenvalue weighted by Gasteiger charge is -2.53. The largest absolute Gasteiger partial charge is 0.487 e. The third-order valence-electron chi connectivity index (χ3n) is 12.1. The predicted octanol–water partition coefficient (Wildman–Crippen LogP) is 7.24. The predicted molar refractivity (Wildman–Crippen MR) is 214 cm³/mol. The molecular weight excluding hydrogens is 708 g/mol. The second-order valence-electron chi connectivity index (χ2n) is 15.9. The number of fused-ring (bicyclic) bond motifs is 3. The van der Waals surface area contributed by atoms with Crippen molar-refractivity contribution in [2.45, 2.75) is 103 Å². The van der Waals surface area contributed by atoms with E-state index in [1.165, 1.54) is 5.56 Å². The summed E-state index contributed by atoms with van der Waals surface area (Å²) in [7, 11) is -4.06. The van der Waals surface area contributed by atoms with Crippen LogP contribution in [0.25, 0.3) is 0 Å². The highest BCUT2D eigenvalue weighted by Gasteiger charge is 2.49. The zero-order chi connectivity index (χ0) is 37.9. The van der Waals surface area contributed by atoms with E-state index in [4.69, 9.17) is 21.1 Å². The number of nitrogens with zero attached hydrogens (tertiary/aromatic N) is 3. The third kappa shape index (κ3) is 8.99. The van der Waals surface area contributed by atoms with Crippen LogP contribution >= 0.6 is 11.6 Å². The summed E-state index contributed by atoms with van der Waals surface area (Å²) in [6.07, 6.45) is 9.57. The van der Waals surface area contributed by atoms with Gasteiger partial charge in [0.25, 0.3) is 5.91 Å². The number of halogens is 1. The Morgan fingerprint density at radius 3 is 2.58 bits per heavy atom. The molecule has 0 radical (unpaired) electrons. The number of hydrogen-bond donors (Lipinski definition) is 1. The number of allylic oxidation sites excluding steroid dienone is 1. The summed E-state index contributed by atoms with van der Waals surface area (Å²) in [5, 5.41) is -0.257. The van der Waals surface area contributed by atoms with E-state index in [2.05, 4.69) is 65.8 Å². The van der Waals surface area contributed by atoms with E-state index in [1.54, 1.807) is 13.0 Å². The first kappa shape index (κ1) is 39.8. The molecule has 290 valence electrons. The van der Waals surface area contributed by atoms with Gasteiger partial charge in [-0.1, -0.05) is 42.0 Å². The van der Waals surface area contributed by atoms with Crippen LogP contribution in [0.3, 0.4) is 0 Å². The average molecular weight is 767 g/mol. The first-order valence-corrected chi connectivity index (χ1v) is 21.5. The van der Waals surface area contributed by atoms with Crippen molar-refractivity contribution in [1.82, 2.24) is 14.5 Å². The minimum atomic E-state index is -4.06. The molecule has 0 aromatic heterocycles. The number of benzene rings is 2. The van der Waals surface area contributed by atoms with Gasteiger partial charge in [-0.2, -0.15) is 0 Å². The molecule has 2 aromatic rings. The molecule has 3 aliphatic heterocycles. The van der Waals surface area contributed by atoms with Crippen LogP contribution in [0.4, 0.5) is 5.69 Å². The molecule has 3 heterocycles. The number of aryl methyl sites for hydroxylation is 1. The van der Waals surface area contributed by atoms with Crippen molar-refractivity contribution in [3.63, 3.8) is 0 Å². The van der Waals surface area contributed by atoms with Crippen molar-refractivity contribution >= 4 is 33.2 Å². The monoisotopic (exact) mass is 766 g/mol. The van der Waals surface area contributed by atoms with Crippen LogP contribution in [-0.4, -0.2) is 92.9 Å². The quantitative estimate of drug-likeness (QED) is 0.319. The van der Waals surface area contributed by atoms with Crippen LogP contribution in [0.1, 0.15) is 88.2 Å². The first-order valence-electron chi connectivity index (χ1n) is 19.6. The van der Waals surface area contributed by atoms with Crippen molar-refractivity contribution in [3.8, 4) is 5.75 Å². The number of carbonyl (C=O) groups excluding carboxylic acids is 1. The molecule has 2 fully saturated rings. The van der Waals surface area contributed by atoms with Crippen LogP contribution < -0.4 is 14.4 Å². The number of amides is 1. The number of carbonyl (C=O) groups is 1. The normalized spacial score (nSPS) is 29.5. The Morgan fingerprint density at radius 1 is 1.06 bits per heavy atom. The number of anilines is 1. The van der Waals surface area contributed by atoms with Crippen molar-refractivity contribution in [2.24, 2.45) is 11.8 Å². The molecule has 5 atom stereocenters. The van der Waals surface area contributed by atoms with Gasteiger partial charge in [-0.05, 0) is 126 Å². The van der Waals surface area contributed by atoms with E-state index in [0.29, 0.717) is 54.0 Å². The minimum Gasteiger partial charge on any atom is -0.487 e. The van der Waals surface area contributed by atoms with Crippen LogP contribution in [0.2, 0.25) is 5.02 Å². The summed E-state index contributed by atoms with van der Waals surface area (Å²) in [4.78, 5) is 21.1. The number of nitrogens with one attached hydrogen (secondary N) is 1. The maximum absolute atomic E-state index is 13.6. The fraction of sp³-hybridized carbons (Fsp3) is 0.595. The van der Waals surface area contributed by atoms with Crippen molar-refractivity contribution < 1.29 is 22.7 Å². The molecule has 0 unspecified atom stereocenters. The zero-order valence-electron chi connectivity index (χ0n) is 32.3. The van der Waals surface area contributed by atoms with Gasteiger partial charge in [0.2, 0.25) is 10.0 Å². The molecule has 0 spiro atoms.